The third kappa shape index (κ3) is 9.86. The van der Waals surface area contributed by atoms with Gasteiger partial charge in [0.1, 0.15) is 0 Å². The Morgan fingerprint density at radius 1 is 0.174 bits per heavy atom. The van der Waals surface area contributed by atoms with Gasteiger partial charge in [0.25, 0.3) is 0 Å². The summed E-state index contributed by atoms with van der Waals surface area (Å²) in [4.78, 5) is 7.05. The highest BCUT2D eigenvalue weighted by Gasteiger charge is 2.18. The fourth-order valence-electron chi connectivity index (χ4n) is 9.85. The van der Waals surface area contributed by atoms with Gasteiger partial charge in [0, 0.05) is 51.2 Å². The van der Waals surface area contributed by atoms with Gasteiger partial charge < -0.3 is 14.7 Å². The van der Waals surface area contributed by atoms with Crippen molar-refractivity contribution in [2.45, 2.75) is 41.5 Å². The number of benzene rings is 10. The summed E-state index contributed by atoms with van der Waals surface area (Å²) >= 11 is 0. The van der Waals surface area contributed by atoms with E-state index in [9.17, 15) is 0 Å². The van der Waals surface area contributed by atoms with Crippen LogP contribution in [0.1, 0.15) is 33.4 Å². The van der Waals surface area contributed by atoms with Crippen molar-refractivity contribution in [2.24, 2.45) is 0 Å². The van der Waals surface area contributed by atoms with Crippen molar-refractivity contribution in [3.8, 4) is 33.4 Å². The predicted molar refractivity (Wildman–Crippen MR) is 295 cm³/mol. The minimum Gasteiger partial charge on any atom is -0.310 e. The summed E-state index contributed by atoms with van der Waals surface area (Å²) < 4.78 is 0. The van der Waals surface area contributed by atoms with E-state index in [1.807, 2.05) is 0 Å². The minimum atomic E-state index is 1.11. The molecule has 10 aromatic rings. The monoisotopic (exact) mass is 891 g/mol. The average molecular weight is 892 g/mol. The minimum absolute atomic E-state index is 1.11. The van der Waals surface area contributed by atoms with Crippen molar-refractivity contribution >= 4 is 51.2 Å². The first-order valence-corrected chi connectivity index (χ1v) is 23.9. The van der Waals surface area contributed by atoms with Gasteiger partial charge in [-0.3, -0.25) is 0 Å². The highest BCUT2D eigenvalue weighted by molar-refractivity contribution is 5.86. The van der Waals surface area contributed by atoms with Crippen LogP contribution in [0.25, 0.3) is 33.4 Å². The molecule has 10 aromatic carbocycles. The third-order valence-electron chi connectivity index (χ3n) is 12.7. The van der Waals surface area contributed by atoms with E-state index >= 15 is 0 Å². The van der Waals surface area contributed by atoms with E-state index < -0.39 is 0 Å². The largest absolute Gasteiger partial charge is 0.310 e. The van der Waals surface area contributed by atoms with Gasteiger partial charge in [-0.1, -0.05) is 109 Å². The van der Waals surface area contributed by atoms with Crippen molar-refractivity contribution < 1.29 is 0 Å². The van der Waals surface area contributed by atoms with Crippen molar-refractivity contribution in [1.82, 2.24) is 0 Å². The van der Waals surface area contributed by atoms with Crippen LogP contribution >= 0.6 is 0 Å². The summed E-state index contributed by atoms with van der Waals surface area (Å²) in [6.07, 6.45) is 0. The Morgan fingerprint density at radius 3 is 0.594 bits per heavy atom. The molecule has 0 aromatic heterocycles. The molecule has 0 aliphatic rings. The first-order chi connectivity index (χ1) is 33.6. The number of para-hydroxylation sites is 3. The van der Waals surface area contributed by atoms with E-state index in [0.29, 0.717) is 0 Å². The van der Waals surface area contributed by atoms with E-state index in [1.165, 1.54) is 33.4 Å². The number of aryl methyl sites for hydroxylation is 6. The van der Waals surface area contributed by atoms with Gasteiger partial charge in [-0.2, -0.15) is 0 Å². The molecule has 0 N–H and O–H groups in total. The maximum Gasteiger partial charge on any atom is 0.0466 e. The molecule has 0 bridgehead atoms. The van der Waals surface area contributed by atoms with E-state index in [1.54, 1.807) is 0 Å². The van der Waals surface area contributed by atoms with E-state index in [2.05, 4.69) is 293 Å². The zero-order valence-corrected chi connectivity index (χ0v) is 40.4. The number of anilines is 9. The third-order valence-corrected chi connectivity index (χ3v) is 12.7. The second-order valence-electron chi connectivity index (χ2n) is 18.5. The van der Waals surface area contributed by atoms with Crippen LogP contribution in [-0.2, 0) is 0 Å². The summed E-state index contributed by atoms with van der Waals surface area (Å²) in [7, 11) is 0. The maximum atomic E-state index is 2.35. The Bertz CT molecular complexity index is 2920. The highest BCUT2D eigenvalue weighted by Crippen LogP contribution is 2.42. The lowest BCUT2D eigenvalue weighted by Gasteiger charge is -2.27. The fraction of sp³-hybridized carbons (Fsp3) is 0.0909. The molecule has 0 spiro atoms. The summed E-state index contributed by atoms with van der Waals surface area (Å²) in [5.41, 5.74) is 24.5. The average Bonchev–Trinajstić information content (AvgIpc) is 3.35. The SMILES string of the molecule is Cc1cc(C)cc(N(c2ccccc2)c2ccc(-c3cc(-c4ccc(N(c5ccccc5)c5cc(C)cc(C)c5)cc4)cc(-c4ccc(N(c5ccccc5)c5cc(C)cc(C)c5)cc4)c3)cc2)c1. The highest BCUT2D eigenvalue weighted by atomic mass is 15.2. The quantitative estimate of drug-likeness (QED) is 0.121. The molecule has 336 valence electrons. The number of rotatable bonds is 12. The van der Waals surface area contributed by atoms with Crippen LogP contribution in [0, 0.1) is 41.5 Å². The molecule has 0 radical (unpaired) electrons. The van der Waals surface area contributed by atoms with Gasteiger partial charge in [-0.25, -0.2) is 0 Å². The van der Waals surface area contributed by atoms with Crippen molar-refractivity contribution in [3.63, 3.8) is 0 Å². The summed E-state index contributed by atoms with van der Waals surface area (Å²) in [5, 5.41) is 0. The lowest BCUT2D eigenvalue weighted by Crippen LogP contribution is -2.10. The molecule has 0 saturated carbocycles. The van der Waals surface area contributed by atoms with Gasteiger partial charge >= 0.3 is 0 Å². The molecule has 0 amide bonds. The summed E-state index contributed by atoms with van der Waals surface area (Å²) in [5.74, 6) is 0. The van der Waals surface area contributed by atoms with E-state index in [4.69, 9.17) is 0 Å². The van der Waals surface area contributed by atoms with Crippen molar-refractivity contribution in [3.05, 3.63) is 270 Å². The van der Waals surface area contributed by atoms with Crippen LogP contribution in [0.5, 0.6) is 0 Å². The Kier molecular flexibility index (Phi) is 12.5. The summed E-state index contributed by atoms with van der Waals surface area (Å²) in [6, 6.07) is 86.4. The maximum absolute atomic E-state index is 2.35. The van der Waals surface area contributed by atoms with Crippen LogP contribution in [-0.4, -0.2) is 0 Å². The van der Waals surface area contributed by atoms with Crippen LogP contribution in [0.3, 0.4) is 0 Å². The molecule has 0 fully saturated rings. The van der Waals surface area contributed by atoms with Crippen molar-refractivity contribution in [1.29, 1.82) is 0 Å². The van der Waals surface area contributed by atoms with Gasteiger partial charge in [-0.05, 0) is 236 Å². The number of hydrogen-bond acceptors (Lipinski definition) is 3. The zero-order chi connectivity index (χ0) is 47.4. The Morgan fingerprint density at radius 2 is 0.377 bits per heavy atom. The van der Waals surface area contributed by atoms with E-state index in [0.717, 1.165) is 84.6 Å². The Balaban J connectivity index is 1.07. The normalized spacial score (nSPS) is 11.0. The Hall–Kier alpha value is -8.40. The van der Waals surface area contributed by atoms with Gasteiger partial charge in [0.05, 0.1) is 0 Å². The number of nitrogens with zero attached hydrogens (tertiary/aromatic N) is 3. The molecule has 0 heterocycles. The van der Waals surface area contributed by atoms with Crippen molar-refractivity contribution in [2.75, 3.05) is 14.7 Å². The zero-order valence-electron chi connectivity index (χ0n) is 40.4. The lowest BCUT2D eigenvalue weighted by atomic mass is 9.93. The van der Waals surface area contributed by atoms with E-state index in [-0.39, 0.29) is 0 Å². The lowest BCUT2D eigenvalue weighted by molar-refractivity contribution is 1.25. The topological polar surface area (TPSA) is 9.72 Å². The molecular formula is C66H57N3. The molecule has 0 atom stereocenters. The molecule has 0 aliphatic heterocycles. The molecule has 0 unspecified atom stereocenters. The molecule has 0 saturated heterocycles. The second kappa shape index (κ2) is 19.4. The molecule has 69 heavy (non-hydrogen) atoms. The fourth-order valence-corrected chi connectivity index (χ4v) is 9.85. The van der Waals surface area contributed by atoms with Crippen LogP contribution in [0.2, 0.25) is 0 Å². The van der Waals surface area contributed by atoms with Gasteiger partial charge in [-0.15, -0.1) is 0 Å². The molecule has 3 heteroatoms. The van der Waals surface area contributed by atoms with Gasteiger partial charge in [0.2, 0.25) is 0 Å². The first kappa shape index (κ1) is 44.4. The molecular weight excluding hydrogens is 835 g/mol. The smallest absolute Gasteiger partial charge is 0.0466 e. The first-order valence-electron chi connectivity index (χ1n) is 23.9. The standard InChI is InChI=1S/C66H57N3/c1-46-34-47(2)38-64(37-46)67(58-16-10-7-11-17-58)61-28-22-52(23-29-61)55-43-56(53-24-30-62(31-25-53)68(59-18-12-8-13-19-59)65-39-48(3)35-49(4)40-65)45-57(44-55)54-26-32-63(33-27-54)69(60-20-14-9-15-21-60)66-41-50(5)36-51(6)42-66/h7-45H,1-6H3. The molecule has 3 nitrogen and oxygen atoms in total. The van der Waals surface area contributed by atoms with Gasteiger partial charge in [0.15, 0.2) is 0 Å². The second-order valence-corrected chi connectivity index (χ2v) is 18.5. The van der Waals surface area contributed by atoms with Crippen LogP contribution in [0.15, 0.2) is 237 Å². The summed E-state index contributed by atoms with van der Waals surface area (Å²) in [6.45, 7) is 13.0. The molecule has 0 aliphatic carbocycles. The van der Waals surface area contributed by atoms with Crippen LogP contribution in [0.4, 0.5) is 51.2 Å². The number of hydrogen-bond donors (Lipinski definition) is 0. The predicted octanol–water partition coefficient (Wildman–Crippen LogP) is 18.9. The molecule has 10 rings (SSSR count). The Labute approximate surface area is 408 Å². The van der Waals surface area contributed by atoms with Crippen LogP contribution < -0.4 is 14.7 Å².